The summed E-state index contributed by atoms with van der Waals surface area (Å²) in [5.74, 6) is -3.17. The lowest BCUT2D eigenvalue weighted by atomic mass is 9.96. The third-order valence-electron chi connectivity index (χ3n) is 3.70. The lowest BCUT2D eigenvalue weighted by Gasteiger charge is -2.44. The fraction of sp³-hybridized carbons (Fsp3) is 0.706. The van der Waals surface area contributed by atoms with Crippen molar-refractivity contribution in [2.75, 3.05) is 13.2 Å². The number of carbonyl (C=O) groups is 5. The van der Waals surface area contributed by atoms with Gasteiger partial charge in [-0.25, -0.2) is 0 Å². The molecule has 2 amide bonds. The van der Waals surface area contributed by atoms with E-state index in [4.69, 9.17) is 29.4 Å². The number of rotatable bonds is 9. The van der Waals surface area contributed by atoms with Crippen LogP contribution in [0.5, 0.6) is 0 Å². The van der Waals surface area contributed by atoms with Crippen LogP contribution >= 0.6 is 0 Å². The van der Waals surface area contributed by atoms with Crippen LogP contribution in [-0.4, -0.2) is 73.6 Å². The Bertz CT molecular complexity index is 638. The molecule has 0 aliphatic carbocycles. The summed E-state index contributed by atoms with van der Waals surface area (Å²) in [5.41, 5.74) is 5.09. The Balaban J connectivity index is 3.22. The molecule has 0 spiro atoms. The molecule has 5 atom stereocenters. The zero-order valence-electron chi connectivity index (χ0n) is 16.7. The highest BCUT2D eigenvalue weighted by molar-refractivity contribution is 5.74. The molecular weight excluding hydrogens is 392 g/mol. The topological polar surface area (TPSA) is 170 Å². The number of nitrogens with one attached hydrogen (secondary N) is 1. The van der Waals surface area contributed by atoms with Gasteiger partial charge >= 0.3 is 17.9 Å². The molecule has 0 aromatic rings. The highest BCUT2D eigenvalue weighted by atomic mass is 16.7. The van der Waals surface area contributed by atoms with Crippen molar-refractivity contribution >= 4 is 29.7 Å². The summed E-state index contributed by atoms with van der Waals surface area (Å²) >= 11 is 0. The van der Waals surface area contributed by atoms with Crippen molar-refractivity contribution in [3.05, 3.63) is 0 Å². The summed E-state index contributed by atoms with van der Waals surface area (Å²) < 4.78 is 26.7. The molecule has 1 saturated heterocycles. The molecule has 29 heavy (non-hydrogen) atoms. The van der Waals surface area contributed by atoms with Crippen LogP contribution in [0, 0.1) is 0 Å². The summed E-state index contributed by atoms with van der Waals surface area (Å²) in [6.45, 7) is 4.17. The van der Waals surface area contributed by atoms with E-state index in [2.05, 4.69) is 5.32 Å². The van der Waals surface area contributed by atoms with E-state index >= 15 is 0 Å². The number of nitrogens with two attached hydrogens (primary N) is 1. The molecule has 3 N–H and O–H groups in total. The highest BCUT2D eigenvalue weighted by Gasteiger charge is 2.51. The maximum absolute atomic E-state index is 11.7. The molecule has 164 valence electrons. The SMILES string of the molecule is CC(=O)NC1C(OCCC(N)=O)OC(COC(C)=O)[C@H](OC(C)=O)C1OC(C)=O. The molecule has 1 fully saturated rings. The zero-order chi connectivity index (χ0) is 22.1. The number of amides is 2. The van der Waals surface area contributed by atoms with Crippen molar-refractivity contribution in [3.8, 4) is 0 Å². The molecule has 1 heterocycles. The van der Waals surface area contributed by atoms with Gasteiger partial charge in [0, 0.05) is 34.1 Å². The van der Waals surface area contributed by atoms with Crippen LogP contribution in [0.2, 0.25) is 0 Å². The summed E-state index contributed by atoms with van der Waals surface area (Å²) in [6, 6.07) is -1.08. The van der Waals surface area contributed by atoms with E-state index in [-0.39, 0.29) is 19.6 Å². The first kappa shape index (κ1) is 24.3. The lowest BCUT2D eigenvalue weighted by Crippen LogP contribution is -2.66. The second-order valence-electron chi connectivity index (χ2n) is 6.31. The smallest absolute Gasteiger partial charge is 0.303 e. The first-order valence-corrected chi connectivity index (χ1v) is 8.81. The van der Waals surface area contributed by atoms with Crippen LogP contribution in [0.15, 0.2) is 0 Å². The van der Waals surface area contributed by atoms with Gasteiger partial charge in [0.05, 0.1) is 6.61 Å². The van der Waals surface area contributed by atoms with E-state index in [9.17, 15) is 24.0 Å². The number of esters is 3. The van der Waals surface area contributed by atoms with Gasteiger partial charge in [0.1, 0.15) is 18.8 Å². The lowest BCUT2D eigenvalue weighted by molar-refractivity contribution is -0.277. The quantitative estimate of drug-likeness (QED) is 0.333. The Morgan fingerprint density at radius 2 is 1.52 bits per heavy atom. The third-order valence-corrected chi connectivity index (χ3v) is 3.70. The summed E-state index contributed by atoms with van der Waals surface area (Å²) in [4.78, 5) is 57.1. The Morgan fingerprint density at radius 3 is 2.00 bits per heavy atom. The summed E-state index contributed by atoms with van der Waals surface area (Å²) in [6.07, 6.45) is -4.84. The number of primary amides is 1. The molecular formula is C17H26N2O10. The van der Waals surface area contributed by atoms with Crippen molar-refractivity contribution < 1.29 is 47.7 Å². The van der Waals surface area contributed by atoms with Gasteiger partial charge in [-0.15, -0.1) is 0 Å². The van der Waals surface area contributed by atoms with Crippen LogP contribution in [0.1, 0.15) is 34.1 Å². The third kappa shape index (κ3) is 8.44. The van der Waals surface area contributed by atoms with Gasteiger partial charge in [-0.1, -0.05) is 0 Å². The minimum Gasteiger partial charge on any atom is -0.463 e. The van der Waals surface area contributed by atoms with E-state index in [1.807, 2.05) is 0 Å². The minimum atomic E-state index is -1.21. The van der Waals surface area contributed by atoms with E-state index in [1.54, 1.807) is 0 Å². The van der Waals surface area contributed by atoms with Crippen LogP contribution in [-0.2, 0) is 47.7 Å². The predicted octanol–water partition coefficient (Wildman–Crippen LogP) is -1.47. The Hall–Kier alpha value is -2.73. The molecule has 0 saturated carbocycles. The van der Waals surface area contributed by atoms with Gasteiger partial charge in [-0.2, -0.15) is 0 Å². The van der Waals surface area contributed by atoms with E-state index in [0.717, 1.165) is 13.8 Å². The maximum Gasteiger partial charge on any atom is 0.303 e. The largest absolute Gasteiger partial charge is 0.463 e. The van der Waals surface area contributed by atoms with Crippen molar-refractivity contribution in [1.82, 2.24) is 5.32 Å². The van der Waals surface area contributed by atoms with Crippen molar-refractivity contribution in [2.45, 2.75) is 64.8 Å². The minimum absolute atomic E-state index is 0.132. The molecule has 4 unspecified atom stereocenters. The summed E-state index contributed by atoms with van der Waals surface area (Å²) in [5, 5.41) is 2.53. The second-order valence-corrected chi connectivity index (χ2v) is 6.31. The van der Waals surface area contributed by atoms with Crippen LogP contribution < -0.4 is 11.1 Å². The van der Waals surface area contributed by atoms with Crippen molar-refractivity contribution in [1.29, 1.82) is 0 Å². The molecule has 0 aromatic carbocycles. The Morgan fingerprint density at radius 1 is 0.931 bits per heavy atom. The zero-order valence-corrected chi connectivity index (χ0v) is 16.7. The molecule has 12 nitrogen and oxygen atoms in total. The standard InChI is InChI=1S/C17H26N2O10/c1-8(20)19-14-16(28-11(4)23)15(27-10(3)22)12(7-26-9(2)21)29-17(14)25-6-5-13(18)24/h12,14-17H,5-7H2,1-4H3,(H2,18,24)(H,19,20)/t12?,14?,15-,16?,17?/m0/s1. The summed E-state index contributed by atoms with van der Waals surface area (Å²) in [7, 11) is 0. The predicted molar refractivity (Wildman–Crippen MR) is 93.8 cm³/mol. The molecule has 1 aliphatic rings. The first-order chi connectivity index (χ1) is 13.5. The van der Waals surface area contributed by atoms with Gasteiger partial charge in [0.2, 0.25) is 11.8 Å². The van der Waals surface area contributed by atoms with E-state index < -0.39 is 60.4 Å². The number of hydrogen-bond donors (Lipinski definition) is 2. The van der Waals surface area contributed by atoms with Crippen LogP contribution in [0.25, 0.3) is 0 Å². The number of hydrogen-bond acceptors (Lipinski definition) is 10. The number of ether oxygens (including phenoxy) is 5. The van der Waals surface area contributed by atoms with Gasteiger partial charge in [0.25, 0.3) is 0 Å². The van der Waals surface area contributed by atoms with Gasteiger partial charge in [0.15, 0.2) is 18.5 Å². The average Bonchev–Trinajstić information content (AvgIpc) is 2.56. The van der Waals surface area contributed by atoms with E-state index in [0.29, 0.717) is 0 Å². The van der Waals surface area contributed by atoms with Crippen LogP contribution in [0.3, 0.4) is 0 Å². The van der Waals surface area contributed by atoms with Gasteiger partial charge < -0.3 is 34.7 Å². The Kier molecular flexibility index (Phi) is 9.48. The Labute approximate surface area is 167 Å². The molecule has 12 heteroatoms. The monoisotopic (exact) mass is 418 g/mol. The molecule has 0 bridgehead atoms. The fourth-order valence-electron chi connectivity index (χ4n) is 2.71. The normalized spacial score (nSPS) is 26.1. The molecule has 1 aliphatic heterocycles. The first-order valence-electron chi connectivity index (χ1n) is 8.81. The fourth-order valence-corrected chi connectivity index (χ4v) is 2.71. The average molecular weight is 418 g/mol. The molecule has 1 rings (SSSR count). The number of carbonyl (C=O) groups excluding carboxylic acids is 5. The van der Waals surface area contributed by atoms with Crippen molar-refractivity contribution in [2.24, 2.45) is 5.73 Å². The molecule has 0 aromatic heterocycles. The van der Waals surface area contributed by atoms with Crippen molar-refractivity contribution in [3.63, 3.8) is 0 Å². The second kappa shape index (κ2) is 11.3. The van der Waals surface area contributed by atoms with Gasteiger partial charge in [-0.05, 0) is 0 Å². The van der Waals surface area contributed by atoms with Gasteiger partial charge in [-0.3, -0.25) is 24.0 Å². The van der Waals surface area contributed by atoms with Crippen LogP contribution in [0.4, 0.5) is 0 Å². The maximum atomic E-state index is 11.7. The molecule has 0 radical (unpaired) electrons. The van der Waals surface area contributed by atoms with E-state index in [1.165, 1.54) is 13.8 Å². The highest BCUT2D eigenvalue weighted by Crippen LogP contribution is 2.28.